The number of hydrogen-bond acceptors (Lipinski definition) is 3. The van der Waals surface area contributed by atoms with Gasteiger partial charge in [-0.05, 0) is 51.5 Å². The molecule has 2 saturated heterocycles. The maximum atomic E-state index is 5.88. The average Bonchev–Trinajstić information content (AvgIpc) is 2.40. The van der Waals surface area contributed by atoms with Crippen molar-refractivity contribution < 1.29 is 4.74 Å². The first kappa shape index (κ1) is 14.3. The second kappa shape index (κ2) is 6.88. The summed E-state index contributed by atoms with van der Waals surface area (Å²) in [6.45, 7) is 7.65. The van der Waals surface area contributed by atoms with Crippen LogP contribution in [0.3, 0.4) is 0 Å². The van der Waals surface area contributed by atoms with E-state index in [1.807, 2.05) is 0 Å². The number of likely N-dealkylation sites (tertiary alicyclic amines) is 1. The zero-order valence-corrected chi connectivity index (χ0v) is 12.1. The minimum absolute atomic E-state index is 0.499. The fourth-order valence-corrected chi connectivity index (χ4v) is 3.60. The van der Waals surface area contributed by atoms with Gasteiger partial charge in [-0.1, -0.05) is 13.3 Å². The van der Waals surface area contributed by atoms with Crippen molar-refractivity contribution >= 4 is 0 Å². The van der Waals surface area contributed by atoms with E-state index in [4.69, 9.17) is 10.5 Å². The standard InChI is InChI=1S/C15H30N2O/c1-3-4-15-9-14(7-8-18-15)17-11-13(10-16)6-5-12(17)2/h12-15H,3-11,16H2,1-2H3. The SMILES string of the molecule is CCCC1CC(N2CC(CN)CCC2C)CCO1. The van der Waals surface area contributed by atoms with Crippen molar-refractivity contribution in [3.05, 3.63) is 0 Å². The van der Waals surface area contributed by atoms with Crippen molar-refractivity contribution in [1.82, 2.24) is 4.90 Å². The molecule has 4 atom stereocenters. The van der Waals surface area contributed by atoms with E-state index in [1.165, 1.54) is 45.1 Å². The molecule has 2 N–H and O–H groups in total. The maximum Gasteiger partial charge on any atom is 0.0590 e. The van der Waals surface area contributed by atoms with Crippen LogP contribution in [0.5, 0.6) is 0 Å². The molecule has 0 aromatic carbocycles. The van der Waals surface area contributed by atoms with Crippen LogP contribution in [0.25, 0.3) is 0 Å². The predicted octanol–water partition coefficient (Wildman–Crippen LogP) is 2.39. The summed E-state index contributed by atoms with van der Waals surface area (Å²) >= 11 is 0. The van der Waals surface area contributed by atoms with Crippen LogP contribution in [0.4, 0.5) is 0 Å². The van der Waals surface area contributed by atoms with Crippen LogP contribution >= 0.6 is 0 Å². The number of piperidine rings is 1. The van der Waals surface area contributed by atoms with Gasteiger partial charge in [0.2, 0.25) is 0 Å². The molecule has 2 rings (SSSR count). The number of nitrogens with zero attached hydrogens (tertiary/aromatic N) is 1. The quantitative estimate of drug-likeness (QED) is 0.837. The van der Waals surface area contributed by atoms with E-state index in [-0.39, 0.29) is 0 Å². The molecule has 0 amide bonds. The van der Waals surface area contributed by atoms with Crippen molar-refractivity contribution in [2.45, 2.75) is 70.6 Å². The summed E-state index contributed by atoms with van der Waals surface area (Å²) in [6.07, 6.45) is 8.03. The Hall–Kier alpha value is -0.120. The Morgan fingerprint density at radius 3 is 2.83 bits per heavy atom. The van der Waals surface area contributed by atoms with Crippen LogP contribution in [-0.2, 0) is 4.74 Å². The molecule has 0 bridgehead atoms. The third kappa shape index (κ3) is 3.46. The topological polar surface area (TPSA) is 38.5 Å². The van der Waals surface area contributed by atoms with Gasteiger partial charge in [0.15, 0.2) is 0 Å². The third-order valence-electron chi connectivity index (χ3n) is 4.78. The Bertz CT molecular complexity index is 245. The van der Waals surface area contributed by atoms with Crippen LogP contribution in [0.1, 0.15) is 52.4 Å². The highest BCUT2D eigenvalue weighted by Crippen LogP contribution is 2.29. The van der Waals surface area contributed by atoms with Gasteiger partial charge in [-0.25, -0.2) is 0 Å². The van der Waals surface area contributed by atoms with Gasteiger partial charge < -0.3 is 10.5 Å². The van der Waals surface area contributed by atoms with Gasteiger partial charge in [0.25, 0.3) is 0 Å². The summed E-state index contributed by atoms with van der Waals surface area (Å²) in [5, 5.41) is 0. The molecule has 0 aromatic heterocycles. The van der Waals surface area contributed by atoms with Gasteiger partial charge in [0.1, 0.15) is 0 Å². The Balaban J connectivity index is 1.91. The van der Waals surface area contributed by atoms with Gasteiger partial charge in [-0.15, -0.1) is 0 Å². The number of hydrogen-bond donors (Lipinski definition) is 1. The molecule has 2 aliphatic rings. The fraction of sp³-hybridized carbons (Fsp3) is 1.00. The summed E-state index contributed by atoms with van der Waals surface area (Å²) < 4.78 is 5.88. The van der Waals surface area contributed by atoms with E-state index in [1.54, 1.807) is 0 Å². The molecule has 0 spiro atoms. The number of nitrogens with two attached hydrogens (primary N) is 1. The molecule has 4 unspecified atom stereocenters. The van der Waals surface area contributed by atoms with Gasteiger partial charge in [0.05, 0.1) is 6.10 Å². The highest BCUT2D eigenvalue weighted by Gasteiger charge is 2.33. The van der Waals surface area contributed by atoms with Gasteiger partial charge >= 0.3 is 0 Å². The third-order valence-corrected chi connectivity index (χ3v) is 4.78. The normalized spacial score (nSPS) is 38.8. The lowest BCUT2D eigenvalue weighted by molar-refractivity contribution is -0.0498. The minimum Gasteiger partial charge on any atom is -0.378 e. The lowest BCUT2D eigenvalue weighted by atomic mass is 9.89. The van der Waals surface area contributed by atoms with Crippen molar-refractivity contribution in [2.24, 2.45) is 11.7 Å². The first-order chi connectivity index (χ1) is 8.74. The zero-order valence-electron chi connectivity index (χ0n) is 12.1. The van der Waals surface area contributed by atoms with Crippen molar-refractivity contribution in [3.8, 4) is 0 Å². The largest absolute Gasteiger partial charge is 0.378 e. The summed E-state index contributed by atoms with van der Waals surface area (Å²) in [5.74, 6) is 0.716. The van der Waals surface area contributed by atoms with Crippen molar-refractivity contribution in [1.29, 1.82) is 0 Å². The van der Waals surface area contributed by atoms with Crippen LogP contribution < -0.4 is 5.73 Å². The molecule has 3 nitrogen and oxygen atoms in total. The summed E-state index contributed by atoms with van der Waals surface area (Å²) in [7, 11) is 0. The van der Waals surface area contributed by atoms with E-state index in [0.29, 0.717) is 12.0 Å². The van der Waals surface area contributed by atoms with E-state index in [9.17, 15) is 0 Å². The number of ether oxygens (including phenoxy) is 1. The highest BCUT2D eigenvalue weighted by molar-refractivity contribution is 4.87. The fourth-order valence-electron chi connectivity index (χ4n) is 3.60. The molecule has 2 aliphatic heterocycles. The molecule has 106 valence electrons. The lowest BCUT2D eigenvalue weighted by Crippen LogP contribution is -2.52. The van der Waals surface area contributed by atoms with Crippen LogP contribution in [0.15, 0.2) is 0 Å². The maximum absolute atomic E-state index is 5.88. The second-order valence-electron chi connectivity index (χ2n) is 6.18. The van der Waals surface area contributed by atoms with Crippen LogP contribution in [-0.4, -0.2) is 42.8 Å². The summed E-state index contributed by atoms with van der Waals surface area (Å²) in [4.78, 5) is 2.73. The van der Waals surface area contributed by atoms with Crippen LogP contribution in [0.2, 0.25) is 0 Å². The lowest BCUT2D eigenvalue weighted by Gasteiger charge is -2.45. The van der Waals surface area contributed by atoms with E-state index in [2.05, 4.69) is 18.7 Å². The Morgan fingerprint density at radius 2 is 2.11 bits per heavy atom. The summed E-state index contributed by atoms with van der Waals surface area (Å²) in [6, 6.07) is 1.47. The monoisotopic (exact) mass is 254 g/mol. The van der Waals surface area contributed by atoms with E-state index < -0.39 is 0 Å². The van der Waals surface area contributed by atoms with Gasteiger partial charge in [-0.3, -0.25) is 4.90 Å². The van der Waals surface area contributed by atoms with E-state index in [0.717, 1.165) is 25.2 Å². The molecule has 18 heavy (non-hydrogen) atoms. The molecule has 3 heteroatoms. The minimum atomic E-state index is 0.499. The highest BCUT2D eigenvalue weighted by atomic mass is 16.5. The first-order valence-corrected chi connectivity index (χ1v) is 7.82. The molecule has 2 fully saturated rings. The molecule has 0 aliphatic carbocycles. The Morgan fingerprint density at radius 1 is 1.28 bits per heavy atom. The average molecular weight is 254 g/mol. The van der Waals surface area contributed by atoms with E-state index >= 15 is 0 Å². The predicted molar refractivity (Wildman–Crippen MR) is 75.6 cm³/mol. The van der Waals surface area contributed by atoms with Crippen LogP contribution in [0, 0.1) is 5.92 Å². The van der Waals surface area contributed by atoms with Crippen molar-refractivity contribution in [2.75, 3.05) is 19.7 Å². The molecular weight excluding hydrogens is 224 g/mol. The Labute approximate surface area is 112 Å². The first-order valence-electron chi connectivity index (χ1n) is 7.82. The molecule has 2 heterocycles. The molecule has 0 radical (unpaired) electrons. The molecular formula is C15H30N2O. The summed E-state index contributed by atoms with van der Waals surface area (Å²) in [5.41, 5.74) is 5.86. The van der Waals surface area contributed by atoms with Crippen molar-refractivity contribution in [3.63, 3.8) is 0 Å². The second-order valence-corrected chi connectivity index (χ2v) is 6.18. The molecule has 0 saturated carbocycles. The van der Waals surface area contributed by atoms with Gasteiger partial charge in [-0.2, -0.15) is 0 Å². The smallest absolute Gasteiger partial charge is 0.0590 e. The zero-order chi connectivity index (χ0) is 13.0. The van der Waals surface area contributed by atoms with Gasteiger partial charge in [0, 0.05) is 25.2 Å². The Kier molecular flexibility index (Phi) is 5.46. The molecule has 0 aromatic rings. The number of rotatable bonds is 4.